The van der Waals surface area contributed by atoms with Crippen molar-refractivity contribution >= 4 is 0 Å². The Bertz CT molecular complexity index is 411. The fraction of sp³-hybridized carbons (Fsp3) is 0.750. The summed E-state index contributed by atoms with van der Waals surface area (Å²) in [5, 5.41) is 3.66. The quantitative estimate of drug-likeness (QED) is 0.837. The highest BCUT2D eigenvalue weighted by atomic mass is 16.5. The lowest BCUT2D eigenvalue weighted by atomic mass is 9.83. The van der Waals surface area contributed by atoms with Crippen LogP contribution in [0.1, 0.15) is 51.0 Å². The molecular formula is C16H27N3O2. The lowest BCUT2D eigenvalue weighted by Crippen LogP contribution is -2.36. The maximum absolute atomic E-state index is 5.33. The van der Waals surface area contributed by atoms with Gasteiger partial charge in [-0.2, -0.15) is 0 Å². The molecule has 1 saturated carbocycles. The van der Waals surface area contributed by atoms with E-state index < -0.39 is 0 Å². The molecule has 0 bridgehead atoms. The molecule has 5 heteroatoms. The van der Waals surface area contributed by atoms with Crippen molar-refractivity contribution in [2.24, 2.45) is 5.92 Å². The van der Waals surface area contributed by atoms with Gasteiger partial charge in [0.2, 0.25) is 11.8 Å². The first-order valence-electron chi connectivity index (χ1n) is 7.95. The molecule has 0 radical (unpaired) electrons. The van der Waals surface area contributed by atoms with E-state index in [0.29, 0.717) is 24.3 Å². The Morgan fingerprint density at radius 3 is 2.29 bits per heavy atom. The van der Waals surface area contributed by atoms with E-state index in [1.165, 1.54) is 38.4 Å². The van der Waals surface area contributed by atoms with Gasteiger partial charge in [-0.05, 0) is 25.2 Å². The molecule has 1 aromatic rings. The zero-order valence-electron chi connectivity index (χ0n) is 13.4. The number of hydrogen-bond acceptors (Lipinski definition) is 5. The number of rotatable bonds is 7. The van der Waals surface area contributed by atoms with Crippen molar-refractivity contribution in [3.8, 4) is 11.8 Å². The normalized spacial score (nSPS) is 17.5. The van der Waals surface area contributed by atoms with Gasteiger partial charge in [0.1, 0.15) is 6.33 Å². The van der Waals surface area contributed by atoms with Crippen LogP contribution in [0.2, 0.25) is 0 Å². The van der Waals surface area contributed by atoms with Crippen LogP contribution >= 0.6 is 0 Å². The van der Waals surface area contributed by atoms with Gasteiger partial charge in [-0.15, -0.1) is 0 Å². The first-order valence-corrected chi connectivity index (χ1v) is 7.95. The van der Waals surface area contributed by atoms with E-state index in [-0.39, 0.29) is 0 Å². The van der Waals surface area contributed by atoms with Gasteiger partial charge in [0.25, 0.3) is 0 Å². The Kier molecular flexibility index (Phi) is 6.23. The van der Waals surface area contributed by atoms with E-state index in [9.17, 15) is 0 Å². The highest BCUT2D eigenvalue weighted by Gasteiger charge is 2.23. The molecule has 118 valence electrons. The lowest BCUT2D eigenvalue weighted by molar-refractivity contribution is 0.259. The summed E-state index contributed by atoms with van der Waals surface area (Å²) in [7, 11) is 3.26. The summed E-state index contributed by atoms with van der Waals surface area (Å²) in [5.74, 6) is 1.96. The summed E-state index contributed by atoms with van der Waals surface area (Å²) in [6.07, 6.45) is 9.41. The zero-order chi connectivity index (χ0) is 15.1. The van der Waals surface area contributed by atoms with Crippen molar-refractivity contribution in [1.29, 1.82) is 0 Å². The molecule has 0 saturated heterocycles. The summed E-state index contributed by atoms with van der Waals surface area (Å²) in [6, 6.07) is 0.542. The van der Waals surface area contributed by atoms with Crippen LogP contribution in [-0.4, -0.2) is 30.2 Å². The monoisotopic (exact) mass is 293 g/mol. The molecule has 0 spiro atoms. The lowest BCUT2D eigenvalue weighted by Gasteiger charge is -2.30. The number of aromatic nitrogens is 2. The van der Waals surface area contributed by atoms with Crippen molar-refractivity contribution in [3.05, 3.63) is 11.9 Å². The molecule has 1 aliphatic rings. The number of nitrogens with zero attached hydrogens (tertiary/aromatic N) is 2. The molecular weight excluding hydrogens is 266 g/mol. The standard InChI is InChI=1S/C16H27N3O2/c1-4-14(12-8-6-5-7-9-12)17-10-13-15(20-2)18-11-19-16(13)21-3/h11-12,14,17H,4-10H2,1-3H3. The molecule has 21 heavy (non-hydrogen) atoms. The van der Waals surface area contributed by atoms with Gasteiger partial charge in [0, 0.05) is 12.6 Å². The fourth-order valence-corrected chi connectivity index (χ4v) is 3.30. The topological polar surface area (TPSA) is 56.3 Å². The van der Waals surface area contributed by atoms with E-state index >= 15 is 0 Å². The highest BCUT2D eigenvalue weighted by Crippen LogP contribution is 2.29. The molecule has 2 rings (SSSR count). The summed E-state index contributed by atoms with van der Waals surface area (Å²) in [6.45, 7) is 2.93. The minimum atomic E-state index is 0.542. The van der Waals surface area contributed by atoms with Crippen molar-refractivity contribution < 1.29 is 9.47 Å². The molecule has 1 fully saturated rings. The second-order valence-corrected chi connectivity index (χ2v) is 5.66. The van der Waals surface area contributed by atoms with E-state index in [2.05, 4.69) is 22.2 Å². The average Bonchev–Trinajstić information content (AvgIpc) is 2.56. The van der Waals surface area contributed by atoms with Crippen LogP contribution in [0.15, 0.2) is 6.33 Å². The van der Waals surface area contributed by atoms with E-state index in [4.69, 9.17) is 9.47 Å². The molecule has 0 aliphatic heterocycles. The van der Waals surface area contributed by atoms with Crippen molar-refractivity contribution in [2.45, 2.75) is 58.0 Å². The predicted molar refractivity (Wildman–Crippen MR) is 82.6 cm³/mol. The molecule has 1 aromatic heterocycles. The van der Waals surface area contributed by atoms with Crippen LogP contribution < -0.4 is 14.8 Å². The number of nitrogens with one attached hydrogen (secondary N) is 1. The Balaban J connectivity index is 2.03. The Morgan fingerprint density at radius 1 is 1.14 bits per heavy atom. The molecule has 1 heterocycles. The molecule has 0 amide bonds. The van der Waals surface area contributed by atoms with Crippen LogP contribution in [-0.2, 0) is 6.54 Å². The van der Waals surface area contributed by atoms with E-state index in [0.717, 1.165) is 17.9 Å². The van der Waals surface area contributed by atoms with Crippen LogP contribution in [0, 0.1) is 5.92 Å². The van der Waals surface area contributed by atoms with Crippen molar-refractivity contribution in [3.63, 3.8) is 0 Å². The maximum atomic E-state index is 5.33. The van der Waals surface area contributed by atoms with Gasteiger partial charge >= 0.3 is 0 Å². The second kappa shape index (κ2) is 8.17. The number of methoxy groups -OCH3 is 2. The smallest absolute Gasteiger partial charge is 0.224 e. The van der Waals surface area contributed by atoms with Gasteiger partial charge in [0.05, 0.1) is 19.8 Å². The summed E-state index contributed by atoms with van der Waals surface area (Å²) >= 11 is 0. The van der Waals surface area contributed by atoms with Gasteiger partial charge in [-0.25, -0.2) is 9.97 Å². The van der Waals surface area contributed by atoms with Crippen LogP contribution in [0.3, 0.4) is 0 Å². The Labute approximate surface area is 127 Å². The van der Waals surface area contributed by atoms with Crippen molar-refractivity contribution in [1.82, 2.24) is 15.3 Å². The fourth-order valence-electron chi connectivity index (χ4n) is 3.30. The van der Waals surface area contributed by atoms with Crippen LogP contribution in [0.5, 0.6) is 11.8 Å². The Morgan fingerprint density at radius 2 is 1.76 bits per heavy atom. The van der Waals surface area contributed by atoms with Crippen LogP contribution in [0.4, 0.5) is 0 Å². The molecule has 5 nitrogen and oxygen atoms in total. The molecule has 1 atom stereocenters. The minimum absolute atomic E-state index is 0.542. The largest absolute Gasteiger partial charge is 0.481 e. The predicted octanol–water partition coefficient (Wildman–Crippen LogP) is 2.94. The molecule has 1 aliphatic carbocycles. The Hall–Kier alpha value is -1.36. The van der Waals surface area contributed by atoms with E-state index in [1.54, 1.807) is 14.2 Å². The molecule has 1 unspecified atom stereocenters. The zero-order valence-corrected chi connectivity index (χ0v) is 13.4. The number of ether oxygens (including phenoxy) is 2. The summed E-state index contributed by atoms with van der Waals surface area (Å²) < 4.78 is 10.7. The highest BCUT2D eigenvalue weighted by molar-refractivity contribution is 5.34. The SMILES string of the molecule is CCC(NCc1c(OC)ncnc1OC)C1CCCCC1. The van der Waals surface area contributed by atoms with Crippen molar-refractivity contribution in [2.75, 3.05) is 14.2 Å². The molecule has 0 aromatic carbocycles. The third kappa shape index (κ3) is 4.06. The average molecular weight is 293 g/mol. The third-order valence-electron chi connectivity index (χ3n) is 4.45. The first kappa shape index (κ1) is 16.0. The minimum Gasteiger partial charge on any atom is -0.481 e. The van der Waals surface area contributed by atoms with Gasteiger partial charge < -0.3 is 14.8 Å². The second-order valence-electron chi connectivity index (χ2n) is 5.66. The van der Waals surface area contributed by atoms with Gasteiger partial charge in [-0.1, -0.05) is 26.2 Å². The molecule has 1 N–H and O–H groups in total. The first-order chi connectivity index (χ1) is 10.3. The summed E-state index contributed by atoms with van der Waals surface area (Å²) in [5.41, 5.74) is 0.900. The van der Waals surface area contributed by atoms with Gasteiger partial charge in [0.15, 0.2) is 0 Å². The van der Waals surface area contributed by atoms with Crippen LogP contribution in [0.25, 0.3) is 0 Å². The van der Waals surface area contributed by atoms with Gasteiger partial charge in [-0.3, -0.25) is 0 Å². The summed E-state index contributed by atoms with van der Waals surface area (Å²) in [4.78, 5) is 8.34. The number of hydrogen-bond donors (Lipinski definition) is 1. The maximum Gasteiger partial charge on any atom is 0.224 e. The van der Waals surface area contributed by atoms with E-state index in [1.807, 2.05) is 0 Å². The third-order valence-corrected chi connectivity index (χ3v) is 4.45.